The van der Waals surface area contributed by atoms with Crippen LogP contribution in [0.4, 0.5) is 5.69 Å². The third-order valence-electron chi connectivity index (χ3n) is 7.54. The summed E-state index contributed by atoms with van der Waals surface area (Å²) in [5, 5.41) is 10.1. The van der Waals surface area contributed by atoms with Gasteiger partial charge in [0.1, 0.15) is 16.7 Å². The zero-order valence-corrected chi connectivity index (χ0v) is 23.7. The van der Waals surface area contributed by atoms with Gasteiger partial charge < -0.3 is 19.5 Å². The van der Waals surface area contributed by atoms with Crippen LogP contribution >= 0.6 is 11.3 Å². The van der Waals surface area contributed by atoms with E-state index in [0.717, 1.165) is 55.6 Å². The first kappa shape index (κ1) is 28.4. The Morgan fingerprint density at radius 3 is 2.47 bits per heavy atom. The van der Waals surface area contributed by atoms with Crippen molar-refractivity contribution in [3.05, 3.63) is 52.2 Å². The lowest BCUT2D eigenvalue weighted by Gasteiger charge is -2.36. The van der Waals surface area contributed by atoms with E-state index >= 15 is 0 Å². The third-order valence-corrected chi connectivity index (χ3v) is 8.72. The van der Waals surface area contributed by atoms with Crippen molar-refractivity contribution in [2.45, 2.75) is 96.3 Å². The third kappa shape index (κ3) is 7.26. The maximum atomic E-state index is 13.7. The number of hydrogen-bond donors (Lipinski definition) is 1. The van der Waals surface area contributed by atoms with Crippen molar-refractivity contribution < 1.29 is 24.2 Å². The van der Waals surface area contributed by atoms with E-state index in [0.29, 0.717) is 35.7 Å². The summed E-state index contributed by atoms with van der Waals surface area (Å²) < 4.78 is 11.3. The minimum absolute atomic E-state index is 0.0280. The fourth-order valence-electron chi connectivity index (χ4n) is 5.42. The van der Waals surface area contributed by atoms with Gasteiger partial charge in [-0.05, 0) is 74.6 Å². The number of aliphatic hydroxyl groups excluding tert-OH is 1. The summed E-state index contributed by atoms with van der Waals surface area (Å²) in [6.45, 7) is 4.33. The second-order valence-corrected chi connectivity index (χ2v) is 11.9. The first-order valence-electron chi connectivity index (χ1n) is 14.0. The molecule has 1 aromatic carbocycles. The van der Waals surface area contributed by atoms with E-state index in [2.05, 4.69) is 19.9 Å². The first-order chi connectivity index (χ1) is 18.4. The van der Waals surface area contributed by atoms with Gasteiger partial charge in [-0.15, -0.1) is 11.3 Å². The number of hydrogen-bond acceptors (Lipinski definition) is 6. The topological polar surface area (TPSA) is 76.1 Å². The maximum Gasteiger partial charge on any atom is 0.350 e. The highest BCUT2D eigenvalue weighted by Gasteiger charge is 2.34. The van der Waals surface area contributed by atoms with Crippen molar-refractivity contribution in [3.63, 3.8) is 0 Å². The standard InChI is InChI=1S/C31H41NO5S/c1-21(2)8-7-11-29(34)32(23-14-16-24(33)17-15-23)27-20-28(38-30(27)31(35)36-3)22-12-18-26(19-13-22)37-25-9-5-4-6-10-25/h4-6,9-10,12,20-21,23-24,26,33H,7-8,11,13-19H2,1-3H3. The highest BCUT2D eigenvalue weighted by atomic mass is 32.1. The Balaban J connectivity index is 1.59. The Hall–Kier alpha value is -2.64. The van der Waals surface area contributed by atoms with Crippen LogP contribution in [0.1, 0.15) is 92.6 Å². The number of amides is 1. The van der Waals surface area contributed by atoms with Gasteiger partial charge >= 0.3 is 5.97 Å². The molecule has 7 heteroatoms. The molecule has 6 nitrogen and oxygen atoms in total. The molecule has 0 aliphatic heterocycles. The Morgan fingerprint density at radius 1 is 1.11 bits per heavy atom. The Morgan fingerprint density at radius 2 is 1.84 bits per heavy atom. The molecular weight excluding hydrogens is 498 g/mol. The van der Waals surface area contributed by atoms with Gasteiger partial charge in [-0.3, -0.25) is 4.79 Å². The number of nitrogens with zero attached hydrogens (tertiary/aromatic N) is 1. The molecule has 2 aromatic rings. The van der Waals surface area contributed by atoms with Crippen LogP contribution in [0.5, 0.6) is 5.75 Å². The van der Waals surface area contributed by atoms with Crippen molar-refractivity contribution >= 4 is 34.5 Å². The van der Waals surface area contributed by atoms with Gasteiger partial charge in [-0.25, -0.2) is 4.79 Å². The SMILES string of the molecule is COC(=O)c1sc(C2=CCC(Oc3ccccc3)CC2)cc1N(C(=O)CCCC(C)C)C1CCC(O)CC1. The predicted octanol–water partition coefficient (Wildman–Crippen LogP) is 7.01. The van der Waals surface area contributed by atoms with Crippen molar-refractivity contribution in [1.82, 2.24) is 0 Å². The van der Waals surface area contributed by atoms with Gasteiger partial charge in [-0.2, -0.15) is 0 Å². The van der Waals surface area contributed by atoms with Crippen LogP contribution in [0.2, 0.25) is 0 Å². The summed E-state index contributed by atoms with van der Waals surface area (Å²) in [4.78, 5) is 29.9. The number of methoxy groups -OCH3 is 1. The lowest BCUT2D eigenvalue weighted by atomic mass is 9.91. The monoisotopic (exact) mass is 539 g/mol. The fourth-order valence-corrected chi connectivity index (χ4v) is 6.56. The summed E-state index contributed by atoms with van der Waals surface area (Å²) in [6, 6.07) is 11.9. The van der Waals surface area contributed by atoms with Gasteiger partial charge in [0, 0.05) is 23.8 Å². The summed E-state index contributed by atoms with van der Waals surface area (Å²) in [6.07, 6.45) is 9.57. The molecule has 1 saturated carbocycles. The number of esters is 1. The van der Waals surface area contributed by atoms with Gasteiger partial charge in [-0.1, -0.05) is 44.5 Å². The average molecular weight is 540 g/mol. The van der Waals surface area contributed by atoms with Crippen LogP contribution in [0.25, 0.3) is 5.57 Å². The molecule has 0 saturated heterocycles. The maximum absolute atomic E-state index is 13.7. The number of carbonyl (C=O) groups is 2. The zero-order chi connectivity index (χ0) is 27.1. The van der Waals surface area contributed by atoms with Crippen LogP contribution < -0.4 is 9.64 Å². The largest absolute Gasteiger partial charge is 0.490 e. The molecule has 0 radical (unpaired) electrons. The quantitative estimate of drug-likeness (QED) is 0.329. The van der Waals surface area contributed by atoms with E-state index in [1.165, 1.54) is 24.0 Å². The second-order valence-electron chi connectivity index (χ2n) is 10.9. The normalized spacial score (nSPS) is 21.6. The molecule has 0 spiro atoms. The average Bonchev–Trinajstić information content (AvgIpc) is 3.35. The number of carbonyl (C=O) groups excluding carboxylic acids is 2. The first-order valence-corrected chi connectivity index (χ1v) is 14.8. The highest BCUT2D eigenvalue weighted by Crippen LogP contribution is 2.41. The van der Waals surface area contributed by atoms with Crippen LogP contribution in [0.15, 0.2) is 42.5 Å². The zero-order valence-electron chi connectivity index (χ0n) is 22.9. The van der Waals surface area contributed by atoms with Crippen LogP contribution in [-0.2, 0) is 9.53 Å². The lowest BCUT2D eigenvalue weighted by molar-refractivity contribution is -0.119. The fraction of sp³-hybridized carbons (Fsp3) is 0.548. The smallest absolute Gasteiger partial charge is 0.350 e. The van der Waals surface area contributed by atoms with Gasteiger partial charge in [0.05, 0.1) is 18.9 Å². The molecule has 38 heavy (non-hydrogen) atoms. The Kier molecular flexibility index (Phi) is 10.0. The number of anilines is 1. The van der Waals surface area contributed by atoms with Crippen LogP contribution in [0.3, 0.4) is 0 Å². The number of ether oxygens (including phenoxy) is 2. The summed E-state index contributed by atoms with van der Waals surface area (Å²) >= 11 is 1.42. The van der Waals surface area contributed by atoms with Gasteiger partial charge in [0.25, 0.3) is 0 Å². The van der Waals surface area contributed by atoms with Crippen LogP contribution in [-0.4, -0.2) is 42.3 Å². The predicted molar refractivity (Wildman–Crippen MR) is 153 cm³/mol. The molecule has 1 amide bonds. The van der Waals surface area contributed by atoms with Crippen molar-refractivity contribution in [3.8, 4) is 5.75 Å². The number of aliphatic hydroxyl groups is 1. The molecule has 1 heterocycles. The van der Waals surface area contributed by atoms with Crippen molar-refractivity contribution in [2.24, 2.45) is 5.92 Å². The number of para-hydroxylation sites is 1. The molecule has 2 aliphatic carbocycles. The van der Waals surface area contributed by atoms with Crippen LogP contribution in [0, 0.1) is 5.92 Å². The Labute approximate surface area is 230 Å². The van der Waals surface area contributed by atoms with E-state index in [1.54, 1.807) is 0 Å². The van der Waals surface area contributed by atoms with E-state index in [9.17, 15) is 14.7 Å². The van der Waals surface area contributed by atoms with E-state index in [1.807, 2.05) is 41.3 Å². The van der Waals surface area contributed by atoms with E-state index in [4.69, 9.17) is 9.47 Å². The molecule has 2 aliphatic rings. The number of thiophene rings is 1. The van der Waals surface area contributed by atoms with Gasteiger partial charge in [0.2, 0.25) is 5.91 Å². The number of rotatable bonds is 10. The summed E-state index contributed by atoms with van der Waals surface area (Å²) in [5.74, 6) is 1.06. The number of benzene rings is 1. The van der Waals surface area contributed by atoms with Crippen molar-refractivity contribution in [1.29, 1.82) is 0 Å². The lowest BCUT2D eigenvalue weighted by Crippen LogP contribution is -2.43. The van der Waals surface area contributed by atoms with Crippen molar-refractivity contribution in [2.75, 3.05) is 12.0 Å². The molecule has 206 valence electrons. The summed E-state index contributed by atoms with van der Waals surface area (Å²) in [5.41, 5.74) is 1.85. The van der Waals surface area contributed by atoms with E-state index < -0.39 is 5.97 Å². The molecular formula is C31H41NO5S. The van der Waals surface area contributed by atoms with E-state index in [-0.39, 0.29) is 24.2 Å². The second kappa shape index (κ2) is 13.4. The molecule has 0 bridgehead atoms. The Bertz CT molecular complexity index is 1100. The summed E-state index contributed by atoms with van der Waals surface area (Å²) in [7, 11) is 1.39. The molecule has 1 aromatic heterocycles. The van der Waals surface area contributed by atoms with Gasteiger partial charge in [0.15, 0.2) is 0 Å². The molecule has 1 unspecified atom stereocenters. The molecule has 1 N–H and O–H groups in total. The minimum Gasteiger partial charge on any atom is -0.490 e. The molecule has 1 fully saturated rings. The minimum atomic E-state index is -0.409. The number of allylic oxidation sites excluding steroid dienone is 1. The highest BCUT2D eigenvalue weighted by molar-refractivity contribution is 7.15. The molecule has 1 atom stereocenters. The molecule has 4 rings (SSSR count).